The first-order valence-electron chi connectivity index (χ1n) is 7.62. The van der Waals surface area contributed by atoms with E-state index in [1.807, 2.05) is 29.8 Å². The van der Waals surface area contributed by atoms with Crippen molar-refractivity contribution in [1.29, 1.82) is 0 Å². The molecule has 0 aliphatic heterocycles. The Hall–Kier alpha value is -1.85. The van der Waals surface area contributed by atoms with Gasteiger partial charge in [-0.1, -0.05) is 59.8 Å². The van der Waals surface area contributed by atoms with Gasteiger partial charge in [0.15, 0.2) is 5.16 Å². The maximum absolute atomic E-state index is 13.1. The highest BCUT2D eigenvalue weighted by Crippen LogP contribution is 2.26. The molecule has 124 valence electrons. The van der Waals surface area contributed by atoms with Gasteiger partial charge in [0.25, 0.3) is 0 Å². The lowest BCUT2D eigenvalue weighted by Crippen LogP contribution is -2.01. The quantitative estimate of drug-likeness (QED) is 0.597. The molecule has 24 heavy (non-hydrogen) atoms. The summed E-state index contributed by atoms with van der Waals surface area (Å²) in [4.78, 5) is 0. The Morgan fingerprint density at radius 2 is 1.88 bits per heavy atom. The fraction of sp³-hybridized carbons (Fsp3) is 0.222. The van der Waals surface area contributed by atoms with E-state index < -0.39 is 0 Å². The number of thioether (sulfide) groups is 1. The highest BCUT2D eigenvalue weighted by Gasteiger charge is 2.11. The lowest BCUT2D eigenvalue weighted by Gasteiger charge is -2.05. The maximum atomic E-state index is 13.1. The summed E-state index contributed by atoms with van der Waals surface area (Å²) in [6.07, 6.45) is 1.77. The second kappa shape index (κ2) is 7.81. The molecule has 0 fully saturated rings. The van der Waals surface area contributed by atoms with Crippen LogP contribution in [0.25, 0.3) is 0 Å². The van der Waals surface area contributed by atoms with Gasteiger partial charge in [-0.05, 0) is 29.7 Å². The number of hydrogen-bond acceptors (Lipinski definition) is 3. The summed E-state index contributed by atoms with van der Waals surface area (Å²) in [6, 6.07) is 14.8. The highest BCUT2D eigenvalue weighted by molar-refractivity contribution is 7.98. The number of rotatable bonds is 6. The lowest BCUT2D eigenvalue weighted by molar-refractivity contribution is 0.627. The molecule has 0 atom stereocenters. The second-order valence-electron chi connectivity index (χ2n) is 5.47. The third-order valence-corrected chi connectivity index (χ3v) is 5.20. The average molecular weight is 362 g/mol. The second-order valence-corrected chi connectivity index (χ2v) is 6.82. The van der Waals surface area contributed by atoms with Crippen LogP contribution < -0.4 is 0 Å². The summed E-state index contributed by atoms with van der Waals surface area (Å²) in [5, 5.41) is 9.80. The first kappa shape index (κ1) is 17.0. The van der Waals surface area contributed by atoms with Crippen molar-refractivity contribution in [3.8, 4) is 0 Å². The molecule has 3 nitrogen and oxygen atoms in total. The summed E-state index contributed by atoms with van der Waals surface area (Å²) in [5.74, 6) is 1.26. The van der Waals surface area contributed by atoms with Crippen molar-refractivity contribution in [3.63, 3.8) is 0 Å². The molecule has 0 aliphatic carbocycles. The summed E-state index contributed by atoms with van der Waals surface area (Å²) in [5.41, 5.74) is 2.17. The fourth-order valence-electron chi connectivity index (χ4n) is 2.37. The molecule has 0 radical (unpaired) electrons. The SMILES string of the molecule is Cn1c(CCc2ccccc2)nnc1SCc1ccc(F)cc1Cl. The van der Waals surface area contributed by atoms with Crippen LogP contribution in [0.3, 0.4) is 0 Å². The molecule has 6 heteroatoms. The maximum Gasteiger partial charge on any atom is 0.191 e. The van der Waals surface area contributed by atoms with Gasteiger partial charge in [-0.25, -0.2) is 4.39 Å². The minimum Gasteiger partial charge on any atom is -0.309 e. The Morgan fingerprint density at radius 1 is 1.08 bits per heavy atom. The van der Waals surface area contributed by atoms with Gasteiger partial charge in [-0.2, -0.15) is 0 Å². The van der Waals surface area contributed by atoms with E-state index in [-0.39, 0.29) is 5.82 Å². The van der Waals surface area contributed by atoms with Crippen LogP contribution in [0.4, 0.5) is 4.39 Å². The summed E-state index contributed by atoms with van der Waals surface area (Å²) < 4.78 is 15.1. The number of halogens is 2. The molecular weight excluding hydrogens is 345 g/mol. The highest BCUT2D eigenvalue weighted by atomic mass is 35.5. The molecule has 1 heterocycles. The van der Waals surface area contributed by atoms with Crippen LogP contribution in [0.2, 0.25) is 5.02 Å². The average Bonchev–Trinajstić information content (AvgIpc) is 2.93. The lowest BCUT2D eigenvalue weighted by atomic mass is 10.1. The third kappa shape index (κ3) is 4.16. The molecule has 0 amide bonds. The molecule has 1 aromatic heterocycles. The van der Waals surface area contributed by atoms with E-state index >= 15 is 0 Å². The topological polar surface area (TPSA) is 30.7 Å². The Labute approximate surface area is 149 Å². The molecule has 0 N–H and O–H groups in total. The third-order valence-electron chi connectivity index (χ3n) is 3.78. The van der Waals surface area contributed by atoms with Crippen LogP contribution in [-0.4, -0.2) is 14.8 Å². The van der Waals surface area contributed by atoms with Crippen LogP contribution in [-0.2, 0) is 25.6 Å². The Morgan fingerprint density at radius 3 is 2.62 bits per heavy atom. The number of nitrogens with zero attached hydrogens (tertiary/aromatic N) is 3. The molecule has 0 saturated heterocycles. The normalized spacial score (nSPS) is 11.0. The molecule has 2 aromatic carbocycles. The van der Waals surface area contributed by atoms with Crippen molar-refractivity contribution in [1.82, 2.24) is 14.8 Å². The monoisotopic (exact) mass is 361 g/mol. The minimum atomic E-state index is -0.324. The molecule has 0 unspecified atom stereocenters. The predicted molar refractivity (Wildman–Crippen MR) is 95.8 cm³/mol. The number of aromatic nitrogens is 3. The molecule has 3 aromatic rings. The van der Waals surface area contributed by atoms with Crippen LogP contribution in [0.5, 0.6) is 0 Å². The van der Waals surface area contributed by atoms with Gasteiger partial charge < -0.3 is 4.57 Å². The predicted octanol–water partition coefficient (Wildman–Crippen LogP) is 4.69. The molecule has 3 rings (SSSR count). The van der Waals surface area contributed by atoms with Gasteiger partial charge in [0, 0.05) is 24.2 Å². The largest absolute Gasteiger partial charge is 0.309 e. The van der Waals surface area contributed by atoms with Gasteiger partial charge in [0.2, 0.25) is 0 Å². The fourth-order valence-corrected chi connectivity index (χ4v) is 3.62. The molecule has 0 bridgehead atoms. The van der Waals surface area contributed by atoms with Crippen LogP contribution in [0.15, 0.2) is 53.7 Å². The van der Waals surface area contributed by atoms with Gasteiger partial charge in [0.05, 0.1) is 0 Å². The van der Waals surface area contributed by atoms with E-state index in [0.29, 0.717) is 10.8 Å². The Balaban J connectivity index is 1.62. The first-order valence-corrected chi connectivity index (χ1v) is 8.99. The van der Waals surface area contributed by atoms with Crippen LogP contribution >= 0.6 is 23.4 Å². The molecular formula is C18H17ClFN3S. The zero-order chi connectivity index (χ0) is 16.9. The number of benzene rings is 2. The van der Waals surface area contributed by atoms with E-state index in [9.17, 15) is 4.39 Å². The van der Waals surface area contributed by atoms with E-state index in [2.05, 4.69) is 22.3 Å². The van der Waals surface area contributed by atoms with Gasteiger partial charge in [-0.3, -0.25) is 0 Å². The van der Waals surface area contributed by atoms with Crippen molar-refractivity contribution in [2.45, 2.75) is 23.8 Å². The van der Waals surface area contributed by atoms with Gasteiger partial charge in [-0.15, -0.1) is 10.2 Å². The van der Waals surface area contributed by atoms with Crippen molar-refractivity contribution >= 4 is 23.4 Å². The Bertz CT molecular complexity index is 820. The smallest absolute Gasteiger partial charge is 0.191 e. The van der Waals surface area contributed by atoms with E-state index in [1.54, 1.807) is 17.8 Å². The summed E-state index contributed by atoms with van der Waals surface area (Å²) >= 11 is 7.61. The van der Waals surface area contributed by atoms with Gasteiger partial charge >= 0.3 is 0 Å². The minimum absolute atomic E-state index is 0.324. The standard InChI is InChI=1S/C18H17ClFN3S/c1-23-17(10-7-13-5-3-2-4-6-13)21-22-18(23)24-12-14-8-9-15(20)11-16(14)19/h2-6,8-9,11H,7,10,12H2,1H3. The molecule has 0 aliphatic rings. The molecule has 0 spiro atoms. The summed E-state index contributed by atoms with van der Waals surface area (Å²) in [7, 11) is 1.97. The van der Waals surface area contributed by atoms with Crippen molar-refractivity contribution in [2.75, 3.05) is 0 Å². The first-order chi connectivity index (χ1) is 11.6. The van der Waals surface area contributed by atoms with Crippen molar-refractivity contribution in [2.24, 2.45) is 7.05 Å². The van der Waals surface area contributed by atoms with Crippen molar-refractivity contribution in [3.05, 3.63) is 76.3 Å². The van der Waals surface area contributed by atoms with Crippen LogP contribution in [0.1, 0.15) is 17.0 Å². The van der Waals surface area contributed by atoms with Crippen LogP contribution in [0, 0.1) is 5.82 Å². The van der Waals surface area contributed by atoms with E-state index in [1.165, 1.54) is 17.7 Å². The van der Waals surface area contributed by atoms with Crippen molar-refractivity contribution < 1.29 is 4.39 Å². The Kier molecular flexibility index (Phi) is 5.53. The van der Waals surface area contributed by atoms with E-state index in [4.69, 9.17) is 11.6 Å². The van der Waals surface area contributed by atoms with Gasteiger partial charge in [0.1, 0.15) is 11.6 Å². The zero-order valence-corrected chi connectivity index (χ0v) is 14.8. The molecule has 0 saturated carbocycles. The number of hydrogen-bond donors (Lipinski definition) is 0. The van der Waals surface area contributed by atoms with E-state index in [0.717, 1.165) is 29.4 Å². The number of aryl methyl sites for hydroxylation is 2. The summed E-state index contributed by atoms with van der Waals surface area (Å²) in [6.45, 7) is 0. The zero-order valence-electron chi connectivity index (χ0n) is 13.2.